The van der Waals surface area contributed by atoms with Crippen LogP contribution in [0, 0.1) is 11.6 Å². The summed E-state index contributed by atoms with van der Waals surface area (Å²) in [5, 5.41) is 0. The highest BCUT2D eigenvalue weighted by Crippen LogP contribution is 2.09. The molecule has 0 spiro atoms. The van der Waals surface area contributed by atoms with Crippen LogP contribution in [0.25, 0.3) is 0 Å². The van der Waals surface area contributed by atoms with E-state index < -0.39 is 22.9 Å². The van der Waals surface area contributed by atoms with Crippen molar-refractivity contribution in [1.82, 2.24) is 9.55 Å². The fraction of sp³-hybridized carbons (Fsp3) is 0.0909. The molecule has 1 aromatic heterocycles. The van der Waals surface area contributed by atoms with Crippen LogP contribution in [0.15, 0.2) is 40.1 Å². The van der Waals surface area contributed by atoms with E-state index in [0.29, 0.717) is 0 Å². The Balaban J connectivity index is 2.48. The van der Waals surface area contributed by atoms with Gasteiger partial charge >= 0.3 is 5.69 Å². The Hall–Kier alpha value is -2.24. The van der Waals surface area contributed by atoms with Crippen molar-refractivity contribution in [2.24, 2.45) is 0 Å². The van der Waals surface area contributed by atoms with Gasteiger partial charge in [-0.1, -0.05) is 0 Å². The van der Waals surface area contributed by atoms with Gasteiger partial charge in [0.2, 0.25) is 0 Å². The number of hydrogen-bond donors (Lipinski definition) is 1. The molecule has 6 heteroatoms. The number of rotatable bonds is 2. The van der Waals surface area contributed by atoms with E-state index in [1.807, 2.05) is 0 Å². The summed E-state index contributed by atoms with van der Waals surface area (Å²) in [5.74, 6) is -1.29. The van der Waals surface area contributed by atoms with Crippen LogP contribution in [0.2, 0.25) is 0 Å². The first-order chi connectivity index (χ1) is 8.08. The lowest BCUT2D eigenvalue weighted by atomic mass is 10.2. The molecule has 0 fully saturated rings. The first-order valence-electron chi connectivity index (χ1n) is 4.80. The van der Waals surface area contributed by atoms with Crippen molar-refractivity contribution in [3.63, 3.8) is 0 Å². The van der Waals surface area contributed by atoms with E-state index in [1.165, 1.54) is 6.20 Å². The number of nitrogens with one attached hydrogen (secondary N) is 1. The average molecular weight is 238 g/mol. The Morgan fingerprint density at radius 2 is 1.94 bits per heavy atom. The zero-order valence-corrected chi connectivity index (χ0v) is 8.61. The minimum Gasteiger partial charge on any atom is -0.314 e. The van der Waals surface area contributed by atoms with Crippen molar-refractivity contribution in [2.75, 3.05) is 0 Å². The summed E-state index contributed by atoms with van der Waals surface area (Å²) in [6.45, 7) is -0.307. The van der Waals surface area contributed by atoms with Gasteiger partial charge in [-0.05, 0) is 18.2 Å². The molecule has 0 bridgehead atoms. The molecule has 0 saturated heterocycles. The van der Waals surface area contributed by atoms with Crippen molar-refractivity contribution >= 4 is 0 Å². The third kappa shape index (κ3) is 2.30. The van der Waals surface area contributed by atoms with E-state index in [4.69, 9.17) is 0 Å². The van der Waals surface area contributed by atoms with Crippen molar-refractivity contribution in [3.8, 4) is 0 Å². The standard InChI is InChI=1S/C11H8F2N2O2/c12-8-1-2-9(13)7(5-8)6-15-10(16)3-4-14-11(15)17/h1-5H,6H2,(H,14,17). The molecule has 2 aromatic rings. The zero-order chi connectivity index (χ0) is 12.4. The molecular formula is C11H8F2N2O2. The minimum atomic E-state index is -0.666. The molecule has 0 unspecified atom stereocenters. The smallest absolute Gasteiger partial charge is 0.314 e. The van der Waals surface area contributed by atoms with Gasteiger partial charge in [0.25, 0.3) is 5.56 Å². The molecule has 0 atom stereocenters. The lowest BCUT2D eigenvalue weighted by Gasteiger charge is -2.05. The van der Waals surface area contributed by atoms with Crippen LogP contribution in [0.4, 0.5) is 8.78 Å². The van der Waals surface area contributed by atoms with E-state index in [9.17, 15) is 18.4 Å². The predicted octanol–water partition coefficient (Wildman–Crippen LogP) is 0.863. The minimum absolute atomic E-state index is 0.0520. The Morgan fingerprint density at radius 3 is 2.65 bits per heavy atom. The molecule has 2 rings (SSSR count). The fourth-order valence-electron chi connectivity index (χ4n) is 1.44. The Morgan fingerprint density at radius 1 is 1.18 bits per heavy atom. The molecule has 0 aliphatic carbocycles. The quantitative estimate of drug-likeness (QED) is 0.843. The summed E-state index contributed by atoms with van der Waals surface area (Å²) >= 11 is 0. The van der Waals surface area contributed by atoms with Gasteiger partial charge in [0.05, 0.1) is 6.54 Å². The van der Waals surface area contributed by atoms with E-state index in [2.05, 4.69) is 4.98 Å². The Bertz CT molecular complexity index is 633. The fourth-order valence-corrected chi connectivity index (χ4v) is 1.44. The van der Waals surface area contributed by atoms with Crippen LogP contribution in [0.5, 0.6) is 0 Å². The molecule has 88 valence electrons. The Kier molecular flexibility index (Phi) is 2.86. The average Bonchev–Trinajstić information content (AvgIpc) is 2.28. The summed E-state index contributed by atoms with van der Waals surface area (Å²) in [4.78, 5) is 25.0. The topological polar surface area (TPSA) is 54.9 Å². The third-order valence-corrected chi connectivity index (χ3v) is 2.28. The zero-order valence-electron chi connectivity index (χ0n) is 8.61. The van der Waals surface area contributed by atoms with Crippen molar-refractivity contribution in [3.05, 3.63) is 68.5 Å². The molecule has 0 radical (unpaired) electrons. The van der Waals surface area contributed by atoms with E-state index >= 15 is 0 Å². The van der Waals surface area contributed by atoms with Crippen molar-refractivity contribution in [2.45, 2.75) is 6.54 Å². The van der Waals surface area contributed by atoms with Crippen molar-refractivity contribution in [1.29, 1.82) is 0 Å². The summed E-state index contributed by atoms with van der Waals surface area (Å²) < 4.78 is 27.0. The van der Waals surface area contributed by atoms with Gasteiger partial charge in [-0.3, -0.25) is 9.36 Å². The summed E-state index contributed by atoms with van der Waals surface area (Å²) in [7, 11) is 0. The van der Waals surface area contributed by atoms with Gasteiger partial charge in [0.1, 0.15) is 11.6 Å². The maximum absolute atomic E-state index is 13.3. The first kappa shape index (κ1) is 11.3. The van der Waals surface area contributed by atoms with Crippen LogP contribution in [-0.2, 0) is 6.54 Å². The molecule has 1 aromatic carbocycles. The largest absolute Gasteiger partial charge is 0.328 e. The second-order valence-corrected chi connectivity index (χ2v) is 3.44. The lowest BCUT2D eigenvalue weighted by Crippen LogP contribution is -2.34. The van der Waals surface area contributed by atoms with Crippen LogP contribution < -0.4 is 11.2 Å². The second-order valence-electron chi connectivity index (χ2n) is 3.44. The van der Waals surface area contributed by atoms with Gasteiger partial charge in [0, 0.05) is 17.8 Å². The number of nitrogens with zero attached hydrogens (tertiary/aromatic N) is 1. The molecular weight excluding hydrogens is 230 g/mol. The van der Waals surface area contributed by atoms with E-state index in [0.717, 1.165) is 28.8 Å². The van der Waals surface area contributed by atoms with E-state index in [-0.39, 0.29) is 12.1 Å². The maximum Gasteiger partial charge on any atom is 0.328 e. The van der Waals surface area contributed by atoms with Crippen LogP contribution in [0.1, 0.15) is 5.56 Å². The van der Waals surface area contributed by atoms with Crippen LogP contribution >= 0.6 is 0 Å². The van der Waals surface area contributed by atoms with Gasteiger partial charge in [-0.2, -0.15) is 0 Å². The molecule has 1 N–H and O–H groups in total. The highest BCUT2D eigenvalue weighted by atomic mass is 19.1. The predicted molar refractivity (Wildman–Crippen MR) is 56.8 cm³/mol. The molecule has 0 aliphatic heterocycles. The maximum atomic E-state index is 13.3. The lowest BCUT2D eigenvalue weighted by molar-refractivity contribution is 0.569. The number of hydrogen-bond acceptors (Lipinski definition) is 2. The molecule has 0 saturated carbocycles. The van der Waals surface area contributed by atoms with Crippen LogP contribution in [0.3, 0.4) is 0 Å². The molecule has 17 heavy (non-hydrogen) atoms. The molecule has 4 nitrogen and oxygen atoms in total. The number of aromatic nitrogens is 2. The summed E-state index contributed by atoms with van der Waals surface area (Å²) in [5.41, 5.74) is -1.29. The number of aromatic amines is 1. The monoisotopic (exact) mass is 238 g/mol. The first-order valence-corrected chi connectivity index (χ1v) is 4.80. The SMILES string of the molecule is O=c1cc[nH]c(=O)n1Cc1cc(F)ccc1F. The highest BCUT2D eigenvalue weighted by Gasteiger charge is 2.07. The molecule has 1 heterocycles. The van der Waals surface area contributed by atoms with Gasteiger partial charge < -0.3 is 4.98 Å². The molecule has 0 amide bonds. The van der Waals surface area contributed by atoms with E-state index in [1.54, 1.807) is 0 Å². The van der Waals surface area contributed by atoms with Gasteiger partial charge in [0.15, 0.2) is 0 Å². The molecule has 0 aliphatic rings. The normalized spacial score (nSPS) is 10.5. The number of H-pyrrole nitrogens is 1. The Labute approximate surface area is 94.2 Å². The third-order valence-electron chi connectivity index (χ3n) is 2.28. The number of halogens is 2. The van der Waals surface area contributed by atoms with Crippen LogP contribution in [-0.4, -0.2) is 9.55 Å². The van der Waals surface area contributed by atoms with Crippen molar-refractivity contribution < 1.29 is 8.78 Å². The highest BCUT2D eigenvalue weighted by molar-refractivity contribution is 5.19. The number of benzene rings is 1. The summed E-state index contributed by atoms with van der Waals surface area (Å²) in [6, 6.07) is 4.01. The van der Waals surface area contributed by atoms with Gasteiger partial charge in [-0.25, -0.2) is 13.6 Å². The van der Waals surface area contributed by atoms with Gasteiger partial charge in [-0.15, -0.1) is 0 Å². The second kappa shape index (κ2) is 4.32. The summed E-state index contributed by atoms with van der Waals surface area (Å²) in [6.07, 6.45) is 1.20.